The van der Waals surface area contributed by atoms with Crippen LogP contribution in [0.4, 0.5) is 13.2 Å². The van der Waals surface area contributed by atoms with Gasteiger partial charge in [-0.25, -0.2) is 0 Å². The normalized spacial score (nSPS) is 11.2. The molecule has 0 radical (unpaired) electrons. The van der Waals surface area contributed by atoms with Crippen LogP contribution in [0.25, 0.3) is 0 Å². The van der Waals surface area contributed by atoms with E-state index in [4.69, 9.17) is 21.1 Å². The summed E-state index contributed by atoms with van der Waals surface area (Å²) in [6.07, 6.45) is 0. The first-order valence-electron chi connectivity index (χ1n) is 4.21. The minimum Gasteiger partial charge on any atom is -0.493 e. The molecule has 3 nitrogen and oxygen atoms in total. The third-order valence-corrected chi connectivity index (χ3v) is 2.38. The molecule has 0 heterocycles. The Morgan fingerprint density at radius 2 is 1.82 bits per heavy atom. The van der Waals surface area contributed by atoms with Gasteiger partial charge in [-0.15, -0.1) is 0 Å². The molecule has 0 aliphatic rings. The third-order valence-electron chi connectivity index (χ3n) is 1.64. The van der Waals surface area contributed by atoms with E-state index in [0.717, 1.165) is 0 Å². The van der Waals surface area contributed by atoms with Crippen molar-refractivity contribution in [2.75, 3.05) is 14.2 Å². The number of methoxy groups -OCH3 is 2. The Morgan fingerprint density at radius 1 is 1.18 bits per heavy atom. The van der Waals surface area contributed by atoms with Crippen LogP contribution in [0, 0.1) is 0 Å². The van der Waals surface area contributed by atoms with Gasteiger partial charge in [0.25, 0.3) is 0 Å². The first-order valence-corrected chi connectivity index (χ1v) is 5.33. The maximum absolute atomic E-state index is 11.9. The van der Waals surface area contributed by atoms with Crippen LogP contribution in [0.2, 0.25) is 5.02 Å². The molecule has 0 saturated heterocycles. The molecule has 1 aromatic carbocycles. The van der Waals surface area contributed by atoms with Gasteiger partial charge in [0.2, 0.25) is 0 Å². The smallest absolute Gasteiger partial charge is 0.479 e. The molecule has 0 N–H and O–H groups in total. The first-order chi connectivity index (χ1) is 7.87. The SMILES string of the molecule is COc1cc(OSC(F)(F)F)cc(Cl)c1OC. The Hall–Kier alpha value is -0.950. The van der Waals surface area contributed by atoms with Crippen molar-refractivity contribution in [1.29, 1.82) is 0 Å². The lowest BCUT2D eigenvalue weighted by atomic mass is 10.3. The minimum atomic E-state index is -4.49. The average Bonchev–Trinajstić information content (AvgIpc) is 2.24. The van der Waals surface area contributed by atoms with Gasteiger partial charge in [-0.1, -0.05) is 11.6 Å². The standard InChI is InChI=1S/C9H8ClF3O3S/c1-14-7-4-5(16-17-9(11,12)13)3-6(10)8(7)15-2/h3-4H,1-2H3. The second kappa shape index (κ2) is 5.59. The summed E-state index contributed by atoms with van der Waals surface area (Å²) >= 11 is 5.16. The molecule has 0 bridgehead atoms. The van der Waals surface area contributed by atoms with Crippen LogP contribution in [0.3, 0.4) is 0 Å². The van der Waals surface area contributed by atoms with Crippen LogP contribution < -0.4 is 13.7 Å². The Kier molecular flexibility index (Phi) is 4.64. The number of alkyl halides is 3. The van der Waals surface area contributed by atoms with Crippen molar-refractivity contribution in [2.24, 2.45) is 0 Å². The van der Waals surface area contributed by atoms with Crippen LogP contribution in [0.5, 0.6) is 17.2 Å². The number of hydrogen-bond donors (Lipinski definition) is 0. The van der Waals surface area contributed by atoms with Gasteiger partial charge in [-0.2, -0.15) is 13.2 Å². The molecular weight excluding hydrogens is 281 g/mol. The lowest BCUT2D eigenvalue weighted by Crippen LogP contribution is -2.03. The fourth-order valence-electron chi connectivity index (χ4n) is 1.04. The lowest BCUT2D eigenvalue weighted by molar-refractivity contribution is -0.0369. The zero-order valence-electron chi connectivity index (χ0n) is 8.80. The molecule has 0 unspecified atom stereocenters. The van der Waals surface area contributed by atoms with Gasteiger partial charge in [-0.3, -0.25) is 0 Å². The number of halogens is 4. The minimum absolute atomic E-state index is 0.0741. The highest BCUT2D eigenvalue weighted by atomic mass is 35.5. The van der Waals surface area contributed by atoms with Crippen molar-refractivity contribution in [3.05, 3.63) is 17.2 Å². The molecule has 0 saturated carbocycles. The second-order valence-corrected chi connectivity index (χ2v) is 3.96. The summed E-state index contributed by atoms with van der Waals surface area (Å²) < 4.78 is 50.1. The van der Waals surface area contributed by atoms with Crippen LogP contribution in [0.1, 0.15) is 0 Å². The van der Waals surface area contributed by atoms with Gasteiger partial charge < -0.3 is 13.7 Å². The fourth-order valence-corrected chi connectivity index (χ4v) is 1.60. The summed E-state index contributed by atoms with van der Waals surface area (Å²) in [6.45, 7) is 0. The van der Waals surface area contributed by atoms with Crippen LogP contribution in [-0.2, 0) is 0 Å². The first kappa shape index (κ1) is 14.1. The van der Waals surface area contributed by atoms with Crippen molar-refractivity contribution in [1.82, 2.24) is 0 Å². The molecule has 17 heavy (non-hydrogen) atoms. The van der Waals surface area contributed by atoms with Crippen molar-refractivity contribution in [3.63, 3.8) is 0 Å². The van der Waals surface area contributed by atoms with Crippen LogP contribution in [0.15, 0.2) is 12.1 Å². The van der Waals surface area contributed by atoms with Crippen LogP contribution >= 0.6 is 23.6 Å². The molecule has 0 aromatic heterocycles. The predicted octanol–water partition coefficient (Wildman–Crippen LogP) is 3.90. The van der Waals surface area contributed by atoms with E-state index in [0.29, 0.717) is 0 Å². The van der Waals surface area contributed by atoms with E-state index in [-0.39, 0.29) is 22.3 Å². The molecule has 0 fully saturated rings. The fraction of sp³-hybridized carbons (Fsp3) is 0.333. The number of ether oxygens (including phenoxy) is 2. The van der Waals surface area contributed by atoms with Crippen molar-refractivity contribution in [3.8, 4) is 17.2 Å². The topological polar surface area (TPSA) is 27.7 Å². The Labute approximate surface area is 105 Å². The maximum atomic E-state index is 11.9. The van der Waals surface area contributed by atoms with Crippen molar-refractivity contribution < 1.29 is 26.8 Å². The molecule has 1 rings (SSSR count). The monoisotopic (exact) mass is 288 g/mol. The Bertz CT molecular complexity index is 398. The quantitative estimate of drug-likeness (QED) is 0.785. The van der Waals surface area contributed by atoms with E-state index in [1.54, 1.807) is 0 Å². The highest BCUT2D eigenvalue weighted by Crippen LogP contribution is 2.41. The molecular formula is C9H8ClF3O3S. The average molecular weight is 289 g/mol. The zero-order valence-corrected chi connectivity index (χ0v) is 10.4. The van der Waals surface area contributed by atoms with E-state index in [1.807, 2.05) is 0 Å². The molecule has 8 heteroatoms. The summed E-state index contributed by atoms with van der Waals surface area (Å²) in [4.78, 5) is 0. The zero-order chi connectivity index (χ0) is 13.1. The van der Waals surface area contributed by atoms with E-state index in [2.05, 4.69) is 4.18 Å². The summed E-state index contributed by atoms with van der Waals surface area (Å²) in [5.41, 5.74) is -4.49. The van der Waals surface area contributed by atoms with E-state index in [9.17, 15) is 13.2 Å². The number of hydrogen-bond acceptors (Lipinski definition) is 4. The molecule has 0 amide bonds. The summed E-state index contributed by atoms with van der Waals surface area (Å²) in [5.74, 6) is 0.353. The van der Waals surface area contributed by atoms with Crippen LogP contribution in [-0.4, -0.2) is 19.7 Å². The number of benzene rings is 1. The van der Waals surface area contributed by atoms with Gasteiger partial charge in [-0.05, 0) is 0 Å². The highest BCUT2D eigenvalue weighted by Gasteiger charge is 2.31. The van der Waals surface area contributed by atoms with E-state index >= 15 is 0 Å². The highest BCUT2D eigenvalue weighted by molar-refractivity contribution is 7.95. The summed E-state index contributed by atoms with van der Waals surface area (Å²) in [7, 11) is 2.71. The van der Waals surface area contributed by atoms with Crippen molar-refractivity contribution >= 4 is 23.6 Å². The van der Waals surface area contributed by atoms with E-state index in [1.165, 1.54) is 26.4 Å². The molecule has 0 spiro atoms. The Morgan fingerprint density at radius 3 is 2.29 bits per heavy atom. The van der Waals surface area contributed by atoms with Gasteiger partial charge in [0, 0.05) is 12.1 Å². The van der Waals surface area contributed by atoms with Gasteiger partial charge >= 0.3 is 5.51 Å². The Balaban J connectivity index is 2.92. The molecule has 1 aromatic rings. The summed E-state index contributed by atoms with van der Waals surface area (Å²) in [6, 6.07) is 2.46. The second-order valence-electron chi connectivity index (χ2n) is 2.75. The van der Waals surface area contributed by atoms with Crippen molar-refractivity contribution in [2.45, 2.75) is 5.51 Å². The largest absolute Gasteiger partial charge is 0.493 e. The maximum Gasteiger partial charge on any atom is 0.479 e. The van der Waals surface area contributed by atoms with E-state index < -0.39 is 17.6 Å². The predicted molar refractivity (Wildman–Crippen MR) is 58.8 cm³/mol. The van der Waals surface area contributed by atoms with Gasteiger partial charge in [0.1, 0.15) is 5.75 Å². The molecule has 0 aliphatic carbocycles. The van der Waals surface area contributed by atoms with Gasteiger partial charge in [0.05, 0.1) is 19.2 Å². The molecule has 0 atom stereocenters. The molecule has 0 aliphatic heterocycles. The third kappa shape index (κ3) is 4.08. The van der Waals surface area contributed by atoms with Gasteiger partial charge in [0.15, 0.2) is 23.5 Å². The lowest BCUT2D eigenvalue weighted by Gasteiger charge is -2.12. The number of rotatable bonds is 4. The summed E-state index contributed by atoms with van der Waals surface area (Å²) in [5, 5.41) is 0.102. The molecule has 96 valence electrons.